The Bertz CT molecular complexity index is 283. The van der Waals surface area contributed by atoms with Gasteiger partial charge in [0.2, 0.25) is 0 Å². The highest BCUT2D eigenvalue weighted by molar-refractivity contribution is 5.23. The molecule has 0 spiro atoms. The van der Waals surface area contributed by atoms with Crippen molar-refractivity contribution in [1.82, 2.24) is 0 Å². The van der Waals surface area contributed by atoms with E-state index in [9.17, 15) is 9.50 Å². The van der Waals surface area contributed by atoms with Crippen LogP contribution in [0.1, 0.15) is 24.5 Å². The smallest absolute Gasteiger partial charge is 0.126 e. The van der Waals surface area contributed by atoms with Crippen LogP contribution in [0.2, 0.25) is 0 Å². The fraction of sp³-hybridized carbons (Fsp3) is 0.455. The lowest BCUT2D eigenvalue weighted by Gasteiger charge is -2.07. The van der Waals surface area contributed by atoms with Crippen LogP contribution in [0.15, 0.2) is 18.2 Å². The Hall–Kier alpha value is -0.890. The molecule has 1 atom stereocenters. The lowest BCUT2D eigenvalue weighted by Crippen LogP contribution is -2.08. The van der Waals surface area contributed by atoms with E-state index in [-0.39, 0.29) is 11.9 Å². The Labute approximate surface area is 78.2 Å². The molecule has 0 amide bonds. The van der Waals surface area contributed by atoms with Gasteiger partial charge in [0.25, 0.3) is 0 Å². The summed E-state index contributed by atoms with van der Waals surface area (Å²) in [6.45, 7) is 3.64. The Morgan fingerprint density at radius 2 is 2.15 bits per heavy atom. The average Bonchev–Trinajstić information content (AvgIpc) is 2.11. The minimum atomic E-state index is -0.359. The molecule has 0 aliphatic heterocycles. The Morgan fingerprint density at radius 3 is 2.69 bits per heavy atom. The lowest BCUT2D eigenvalue weighted by molar-refractivity contribution is 0.170. The van der Waals surface area contributed by atoms with Crippen molar-refractivity contribution < 1.29 is 9.50 Å². The standard InChI is InChI=1S/C11H15FO/c1-3-10(13)6-9-5-4-8(2)11(12)7-9/h4-5,7,10,13H,3,6H2,1-2H3/t10-/m1/s1. The second-order valence-corrected chi connectivity index (χ2v) is 3.35. The van der Waals surface area contributed by atoms with E-state index >= 15 is 0 Å². The molecule has 0 radical (unpaired) electrons. The molecule has 0 saturated carbocycles. The summed E-state index contributed by atoms with van der Waals surface area (Å²) in [5, 5.41) is 9.35. The molecule has 1 rings (SSSR count). The zero-order valence-corrected chi connectivity index (χ0v) is 8.05. The number of hydrogen-bond acceptors (Lipinski definition) is 1. The van der Waals surface area contributed by atoms with E-state index in [0.717, 1.165) is 5.56 Å². The number of rotatable bonds is 3. The van der Waals surface area contributed by atoms with Crippen LogP contribution in [-0.4, -0.2) is 11.2 Å². The van der Waals surface area contributed by atoms with Crippen molar-refractivity contribution in [2.24, 2.45) is 0 Å². The van der Waals surface area contributed by atoms with Gasteiger partial charge in [0.05, 0.1) is 6.10 Å². The highest BCUT2D eigenvalue weighted by atomic mass is 19.1. The molecular formula is C11H15FO. The van der Waals surface area contributed by atoms with E-state index in [4.69, 9.17) is 0 Å². The molecule has 0 heterocycles. The molecule has 0 unspecified atom stereocenters. The first-order valence-electron chi connectivity index (χ1n) is 4.56. The first-order chi connectivity index (χ1) is 6.13. The number of halogens is 1. The van der Waals surface area contributed by atoms with E-state index in [0.29, 0.717) is 18.4 Å². The zero-order valence-electron chi connectivity index (χ0n) is 8.05. The van der Waals surface area contributed by atoms with Crippen molar-refractivity contribution in [1.29, 1.82) is 0 Å². The van der Waals surface area contributed by atoms with E-state index in [1.54, 1.807) is 13.0 Å². The molecule has 1 aromatic carbocycles. The molecule has 13 heavy (non-hydrogen) atoms. The van der Waals surface area contributed by atoms with Gasteiger partial charge in [-0.15, -0.1) is 0 Å². The quantitative estimate of drug-likeness (QED) is 0.761. The van der Waals surface area contributed by atoms with E-state index < -0.39 is 0 Å². The van der Waals surface area contributed by atoms with Gasteiger partial charge >= 0.3 is 0 Å². The van der Waals surface area contributed by atoms with Crippen LogP contribution in [0, 0.1) is 12.7 Å². The Balaban J connectivity index is 2.73. The molecule has 1 nitrogen and oxygen atoms in total. The van der Waals surface area contributed by atoms with Gasteiger partial charge in [0, 0.05) is 0 Å². The van der Waals surface area contributed by atoms with E-state index in [1.165, 1.54) is 6.07 Å². The monoisotopic (exact) mass is 182 g/mol. The summed E-state index contributed by atoms with van der Waals surface area (Å²) >= 11 is 0. The van der Waals surface area contributed by atoms with Gasteiger partial charge in [-0.1, -0.05) is 19.1 Å². The number of benzene rings is 1. The van der Waals surface area contributed by atoms with Gasteiger partial charge in [-0.3, -0.25) is 0 Å². The van der Waals surface area contributed by atoms with E-state index in [1.807, 2.05) is 13.0 Å². The normalized spacial score (nSPS) is 12.9. The highest BCUT2D eigenvalue weighted by Gasteiger charge is 2.04. The van der Waals surface area contributed by atoms with Gasteiger partial charge < -0.3 is 5.11 Å². The summed E-state index contributed by atoms with van der Waals surface area (Å²) in [5.41, 5.74) is 1.51. The third-order valence-corrected chi connectivity index (χ3v) is 2.18. The van der Waals surface area contributed by atoms with Crippen LogP contribution in [0.4, 0.5) is 4.39 Å². The summed E-state index contributed by atoms with van der Waals surface area (Å²) in [4.78, 5) is 0. The summed E-state index contributed by atoms with van der Waals surface area (Å²) in [6.07, 6.45) is 0.880. The number of aryl methyl sites for hydroxylation is 1. The fourth-order valence-corrected chi connectivity index (χ4v) is 1.18. The van der Waals surface area contributed by atoms with Gasteiger partial charge in [-0.2, -0.15) is 0 Å². The summed E-state index contributed by atoms with van der Waals surface area (Å²) in [5.74, 6) is -0.194. The predicted molar refractivity (Wildman–Crippen MR) is 51.1 cm³/mol. The van der Waals surface area contributed by atoms with Crippen LogP contribution in [0.3, 0.4) is 0 Å². The van der Waals surface area contributed by atoms with Crippen LogP contribution >= 0.6 is 0 Å². The molecule has 0 saturated heterocycles. The van der Waals surface area contributed by atoms with Crippen LogP contribution < -0.4 is 0 Å². The van der Waals surface area contributed by atoms with Crippen molar-refractivity contribution >= 4 is 0 Å². The molecule has 0 bridgehead atoms. The molecule has 0 aliphatic carbocycles. The van der Waals surface area contributed by atoms with Gasteiger partial charge in [-0.25, -0.2) is 4.39 Å². The first-order valence-corrected chi connectivity index (χ1v) is 4.56. The highest BCUT2D eigenvalue weighted by Crippen LogP contribution is 2.11. The van der Waals surface area contributed by atoms with Gasteiger partial charge in [-0.05, 0) is 37.0 Å². The topological polar surface area (TPSA) is 20.2 Å². The minimum Gasteiger partial charge on any atom is -0.393 e. The van der Waals surface area contributed by atoms with Crippen LogP contribution in [-0.2, 0) is 6.42 Å². The Morgan fingerprint density at radius 1 is 1.46 bits per heavy atom. The van der Waals surface area contributed by atoms with Crippen LogP contribution in [0.25, 0.3) is 0 Å². The summed E-state index contributed by atoms with van der Waals surface area (Å²) in [7, 11) is 0. The van der Waals surface area contributed by atoms with Crippen LogP contribution in [0.5, 0.6) is 0 Å². The fourth-order valence-electron chi connectivity index (χ4n) is 1.18. The molecule has 1 aromatic rings. The zero-order chi connectivity index (χ0) is 9.84. The average molecular weight is 182 g/mol. The molecular weight excluding hydrogens is 167 g/mol. The second kappa shape index (κ2) is 4.38. The molecule has 0 fully saturated rings. The van der Waals surface area contributed by atoms with Gasteiger partial charge in [0.15, 0.2) is 0 Å². The number of hydrogen-bond donors (Lipinski definition) is 1. The molecule has 72 valence electrons. The molecule has 0 aromatic heterocycles. The molecule has 1 N–H and O–H groups in total. The van der Waals surface area contributed by atoms with E-state index in [2.05, 4.69) is 0 Å². The minimum absolute atomic E-state index is 0.194. The molecule has 2 heteroatoms. The summed E-state index contributed by atoms with van der Waals surface area (Å²) < 4.78 is 13.1. The second-order valence-electron chi connectivity index (χ2n) is 3.35. The maximum Gasteiger partial charge on any atom is 0.126 e. The Kier molecular flexibility index (Phi) is 3.43. The lowest BCUT2D eigenvalue weighted by atomic mass is 10.0. The van der Waals surface area contributed by atoms with Gasteiger partial charge in [0.1, 0.15) is 5.82 Å². The predicted octanol–water partition coefficient (Wildman–Crippen LogP) is 2.45. The molecule has 0 aliphatic rings. The SMILES string of the molecule is CC[C@@H](O)Cc1ccc(C)c(F)c1. The maximum absolute atomic E-state index is 13.1. The third-order valence-electron chi connectivity index (χ3n) is 2.18. The van der Waals surface area contributed by atoms with Crippen molar-refractivity contribution in [2.75, 3.05) is 0 Å². The summed E-state index contributed by atoms with van der Waals surface area (Å²) in [6, 6.07) is 5.10. The van der Waals surface area contributed by atoms with Crippen molar-refractivity contribution in [2.45, 2.75) is 32.8 Å². The maximum atomic E-state index is 13.1. The van der Waals surface area contributed by atoms with Crippen molar-refractivity contribution in [3.05, 3.63) is 35.1 Å². The first kappa shape index (κ1) is 10.2. The number of aliphatic hydroxyl groups is 1. The van der Waals surface area contributed by atoms with Crippen molar-refractivity contribution in [3.63, 3.8) is 0 Å². The third kappa shape index (κ3) is 2.81. The largest absolute Gasteiger partial charge is 0.393 e. The number of aliphatic hydroxyl groups excluding tert-OH is 1. The van der Waals surface area contributed by atoms with Crippen molar-refractivity contribution in [3.8, 4) is 0 Å².